The SMILES string of the molecule is Cc1cccc(C)c1CN1CCn2nc(CNC(=O)C3CCCC3)cc2C1. The molecule has 2 heterocycles. The first kappa shape index (κ1) is 18.2. The van der Waals surface area contributed by atoms with Crippen LogP contribution >= 0.6 is 0 Å². The smallest absolute Gasteiger partial charge is 0.223 e. The van der Waals surface area contributed by atoms with Crippen molar-refractivity contribution in [3.8, 4) is 0 Å². The third-order valence-corrected chi connectivity index (χ3v) is 6.12. The van der Waals surface area contributed by atoms with Crippen molar-refractivity contribution in [2.45, 2.75) is 65.7 Å². The molecule has 0 bridgehead atoms. The van der Waals surface area contributed by atoms with Gasteiger partial charge in [0.25, 0.3) is 0 Å². The Morgan fingerprint density at radius 1 is 1.19 bits per heavy atom. The van der Waals surface area contributed by atoms with Crippen molar-refractivity contribution in [1.82, 2.24) is 20.0 Å². The lowest BCUT2D eigenvalue weighted by molar-refractivity contribution is -0.124. The number of benzene rings is 1. The van der Waals surface area contributed by atoms with E-state index in [2.05, 4.69) is 53.0 Å². The van der Waals surface area contributed by atoms with E-state index in [9.17, 15) is 4.79 Å². The summed E-state index contributed by atoms with van der Waals surface area (Å²) < 4.78 is 2.11. The fourth-order valence-corrected chi connectivity index (χ4v) is 4.43. The molecular weight excluding hydrogens is 336 g/mol. The number of carbonyl (C=O) groups excluding carboxylic acids is 1. The molecule has 2 aliphatic rings. The van der Waals surface area contributed by atoms with Gasteiger partial charge in [-0.25, -0.2) is 0 Å². The first-order valence-electron chi connectivity index (χ1n) is 10.2. The lowest BCUT2D eigenvalue weighted by Gasteiger charge is -2.28. The van der Waals surface area contributed by atoms with Gasteiger partial charge < -0.3 is 5.32 Å². The monoisotopic (exact) mass is 366 g/mol. The quantitative estimate of drug-likeness (QED) is 0.883. The van der Waals surface area contributed by atoms with Crippen LogP contribution in [-0.2, 0) is 31.0 Å². The number of aromatic nitrogens is 2. The molecule has 0 saturated heterocycles. The minimum Gasteiger partial charge on any atom is -0.350 e. The molecular formula is C22H30N4O. The second-order valence-corrected chi connectivity index (χ2v) is 8.13. The molecule has 2 aromatic rings. The Bertz CT molecular complexity index is 799. The Morgan fingerprint density at radius 2 is 1.93 bits per heavy atom. The van der Waals surface area contributed by atoms with Gasteiger partial charge in [-0.15, -0.1) is 0 Å². The van der Waals surface area contributed by atoms with Gasteiger partial charge in [0.05, 0.1) is 24.5 Å². The maximum Gasteiger partial charge on any atom is 0.223 e. The van der Waals surface area contributed by atoms with E-state index in [0.29, 0.717) is 6.54 Å². The minimum atomic E-state index is 0.204. The molecule has 1 aromatic heterocycles. The Kier molecular flexibility index (Phi) is 5.30. The average Bonchev–Trinajstić information content (AvgIpc) is 3.32. The third kappa shape index (κ3) is 4.08. The Hall–Kier alpha value is -2.14. The number of aryl methyl sites for hydroxylation is 2. The molecule has 1 saturated carbocycles. The van der Waals surface area contributed by atoms with E-state index in [1.807, 2.05) is 0 Å². The molecule has 4 rings (SSSR count). The molecule has 0 spiro atoms. The predicted molar refractivity (Wildman–Crippen MR) is 106 cm³/mol. The summed E-state index contributed by atoms with van der Waals surface area (Å²) in [5.41, 5.74) is 6.39. The molecule has 0 unspecified atom stereocenters. The molecule has 1 aliphatic heterocycles. The lowest BCUT2D eigenvalue weighted by Crippen LogP contribution is -2.33. The lowest BCUT2D eigenvalue weighted by atomic mass is 10.0. The summed E-state index contributed by atoms with van der Waals surface area (Å²) in [6.07, 6.45) is 4.46. The number of nitrogens with zero attached hydrogens (tertiary/aromatic N) is 3. The summed E-state index contributed by atoms with van der Waals surface area (Å²) in [7, 11) is 0. The number of amides is 1. The molecule has 27 heavy (non-hydrogen) atoms. The van der Waals surface area contributed by atoms with Crippen molar-refractivity contribution in [1.29, 1.82) is 0 Å². The molecule has 1 amide bonds. The maximum atomic E-state index is 12.2. The first-order chi connectivity index (χ1) is 13.1. The third-order valence-electron chi connectivity index (χ3n) is 6.12. The normalized spacial score (nSPS) is 17.9. The van der Waals surface area contributed by atoms with Gasteiger partial charge in [-0.1, -0.05) is 31.0 Å². The zero-order valence-electron chi connectivity index (χ0n) is 16.5. The van der Waals surface area contributed by atoms with E-state index < -0.39 is 0 Å². The van der Waals surface area contributed by atoms with Crippen LogP contribution in [-0.4, -0.2) is 27.1 Å². The average molecular weight is 367 g/mol. The number of hydrogen-bond donors (Lipinski definition) is 1. The fourth-order valence-electron chi connectivity index (χ4n) is 4.43. The van der Waals surface area contributed by atoms with Crippen LogP contribution in [0, 0.1) is 19.8 Å². The summed E-state index contributed by atoms with van der Waals surface area (Å²) in [5.74, 6) is 0.421. The van der Waals surface area contributed by atoms with Gasteiger partial charge in [0.15, 0.2) is 0 Å². The maximum absolute atomic E-state index is 12.2. The van der Waals surface area contributed by atoms with Crippen molar-refractivity contribution >= 4 is 5.91 Å². The van der Waals surface area contributed by atoms with Crippen LogP contribution in [0.1, 0.15) is 53.8 Å². The van der Waals surface area contributed by atoms with E-state index >= 15 is 0 Å². The molecule has 1 N–H and O–H groups in total. The summed E-state index contributed by atoms with van der Waals surface area (Å²) in [5, 5.41) is 7.79. The molecule has 1 aromatic carbocycles. The minimum absolute atomic E-state index is 0.204. The summed E-state index contributed by atoms with van der Waals surface area (Å²) in [4.78, 5) is 14.7. The zero-order chi connectivity index (χ0) is 18.8. The number of rotatable bonds is 5. The van der Waals surface area contributed by atoms with Crippen LogP contribution in [0.15, 0.2) is 24.3 Å². The van der Waals surface area contributed by atoms with Crippen molar-refractivity contribution < 1.29 is 4.79 Å². The zero-order valence-corrected chi connectivity index (χ0v) is 16.5. The summed E-state index contributed by atoms with van der Waals surface area (Å²) in [6, 6.07) is 8.68. The molecule has 1 aliphatic carbocycles. The van der Waals surface area contributed by atoms with Crippen LogP contribution in [0.2, 0.25) is 0 Å². The van der Waals surface area contributed by atoms with Gasteiger partial charge in [0.2, 0.25) is 5.91 Å². The number of nitrogens with one attached hydrogen (secondary N) is 1. The van der Waals surface area contributed by atoms with E-state index in [1.165, 1.54) is 35.2 Å². The topological polar surface area (TPSA) is 50.2 Å². The van der Waals surface area contributed by atoms with Crippen molar-refractivity contribution in [2.24, 2.45) is 5.92 Å². The molecule has 0 atom stereocenters. The Balaban J connectivity index is 1.36. The fraction of sp³-hybridized carbons (Fsp3) is 0.545. The van der Waals surface area contributed by atoms with Crippen LogP contribution in [0.3, 0.4) is 0 Å². The van der Waals surface area contributed by atoms with Gasteiger partial charge in [0, 0.05) is 25.6 Å². The number of fused-ring (bicyclic) bond motifs is 1. The highest BCUT2D eigenvalue weighted by Gasteiger charge is 2.23. The van der Waals surface area contributed by atoms with E-state index in [4.69, 9.17) is 5.10 Å². The summed E-state index contributed by atoms with van der Waals surface area (Å²) in [6.45, 7) is 8.76. The number of carbonyl (C=O) groups is 1. The van der Waals surface area contributed by atoms with Crippen molar-refractivity contribution in [2.75, 3.05) is 6.54 Å². The van der Waals surface area contributed by atoms with Crippen LogP contribution in [0.25, 0.3) is 0 Å². The number of hydrogen-bond acceptors (Lipinski definition) is 3. The van der Waals surface area contributed by atoms with Crippen LogP contribution in [0.4, 0.5) is 0 Å². The second-order valence-electron chi connectivity index (χ2n) is 8.13. The summed E-state index contributed by atoms with van der Waals surface area (Å²) >= 11 is 0. The largest absolute Gasteiger partial charge is 0.350 e. The highest BCUT2D eigenvalue weighted by molar-refractivity contribution is 5.78. The highest BCUT2D eigenvalue weighted by atomic mass is 16.1. The standard InChI is InChI=1S/C22H30N4O/c1-16-6-5-7-17(2)21(16)15-25-10-11-26-20(14-25)12-19(24-26)13-23-22(27)18-8-3-4-9-18/h5-7,12,18H,3-4,8-11,13-15H2,1-2H3,(H,23,27). The van der Waals surface area contributed by atoms with Gasteiger partial charge >= 0.3 is 0 Å². The molecule has 0 radical (unpaired) electrons. The van der Waals surface area contributed by atoms with Crippen LogP contribution < -0.4 is 5.32 Å². The molecule has 144 valence electrons. The highest BCUT2D eigenvalue weighted by Crippen LogP contribution is 2.25. The van der Waals surface area contributed by atoms with E-state index in [0.717, 1.165) is 44.7 Å². The molecule has 5 heteroatoms. The van der Waals surface area contributed by atoms with Gasteiger partial charge in [-0.3, -0.25) is 14.4 Å². The van der Waals surface area contributed by atoms with E-state index in [1.54, 1.807) is 0 Å². The van der Waals surface area contributed by atoms with Gasteiger partial charge in [-0.05, 0) is 49.4 Å². The van der Waals surface area contributed by atoms with Crippen LogP contribution in [0.5, 0.6) is 0 Å². The molecule has 1 fully saturated rings. The molecule has 5 nitrogen and oxygen atoms in total. The van der Waals surface area contributed by atoms with Gasteiger partial charge in [0.1, 0.15) is 0 Å². The second kappa shape index (κ2) is 7.85. The predicted octanol–water partition coefficient (Wildman–Crippen LogP) is 3.32. The van der Waals surface area contributed by atoms with E-state index in [-0.39, 0.29) is 11.8 Å². The Morgan fingerprint density at radius 3 is 2.67 bits per heavy atom. The van der Waals surface area contributed by atoms with Gasteiger partial charge in [-0.2, -0.15) is 5.10 Å². The first-order valence-corrected chi connectivity index (χ1v) is 10.2. The van der Waals surface area contributed by atoms with Crippen molar-refractivity contribution in [3.05, 3.63) is 52.3 Å². The van der Waals surface area contributed by atoms with Crippen molar-refractivity contribution in [3.63, 3.8) is 0 Å². The Labute approximate surface area is 161 Å².